The average Bonchev–Trinajstić information content (AvgIpc) is 2.33. The van der Waals surface area contributed by atoms with Crippen molar-refractivity contribution in [2.24, 2.45) is 0 Å². The van der Waals surface area contributed by atoms with Gasteiger partial charge in [-0.1, -0.05) is 11.6 Å². The van der Waals surface area contributed by atoms with E-state index >= 15 is 0 Å². The molecule has 4 heteroatoms. The Bertz CT molecular complexity index is 378. The van der Waals surface area contributed by atoms with E-state index in [4.69, 9.17) is 16.3 Å². The number of hydrogen-bond acceptors (Lipinski definition) is 2. The molecule has 2 nitrogen and oxygen atoms in total. The number of nitrogens with one attached hydrogen (secondary N) is 1. The summed E-state index contributed by atoms with van der Waals surface area (Å²) in [6, 6.07) is 3.48. The van der Waals surface area contributed by atoms with E-state index in [9.17, 15) is 4.39 Å². The molecule has 0 atom stereocenters. The Morgan fingerprint density at radius 1 is 1.38 bits per heavy atom. The van der Waals surface area contributed by atoms with Gasteiger partial charge in [-0.15, -0.1) is 0 Å². The number of halogens is 2. The van der Waals surface area contributed by atoms with E-state index in [-0.39, 0.29) is 10.8 Å². The van der Waals surface area contributed by atoms with Gasteiger partial charge in [0, 0.05) is 0 Å². The fourth-order valence-electron chi connectivity index (χ4n) is 2.12. The highest BCUT2D eigenvalue weighted by molar-refractivity contribution is 6.31. The summed E-state index contributed by atoms with van der Waals surface area (Å²) in [6.45, 7) is 2.00. The summed E-state index contributed by atoms with van der Waals surface area (Å²) >= 11 is 5.85. The normalized spacial score (nSPS) is 17.4. The van der Waals surface area contributed by atoms with Gasteiger partial charge in [0.15, 0.2) is 11.6 Å². The summed E-state index contributed by atoms with van der Waals surface area (Å²) in [5.74, 6) is 0.219. The second-order valence-electron chi connectivity index (χ2n) is 4.04. The van der Waals surface area contributed by atoms with Crippen LogP contribution >= 0.6 is 11.6 Å². The van der Waals surface area contributed by atoms with Gasteiger partial charge in [0.05, 0.1) is 12.1 Å². The molecule has 0 spiro atoms. The monoisotopic (exact) mass is 243 g/mol. The third-order valence-electron chi connectivity index (χ3n) is 3.05. The van der Waals surface area contributed by atoms with Gasteiger partial charge in [-0.25, -0.2) is 4.39 Å². The molecule has 0 aliphatic carbocycles. The van der Waals surface area contributed by atoms with Crippen molar-refractivity contribution in [3.8, 4) is 5.75 Å². The second kappa shape index (κ2) is 5.02. The van der Waals surface area contributed by atoms with Crippen LogP contribution in [0.2, 0.25) is 5.02 Å². The molecule has 1 fully saturated rings. The zero-order valence-corrected chi connectivity index (χ0v) is 9.98. The number of hydrogen-bond donors (Lipinski definition) is 1. The van der Waals surface area contributed by atoms with Crippen molar-refractivity contribution in [1.82, 2.24) is 5.32 Å². The predicted octanol–water partition coefficient (Wildman–Crippen LogP) is 2.95. The Labute approximate surface area is 99.7 Å². The Morgan fingerprint density at radius 3 is 2.69 bits per heavy atom. The molecule has 0 aromatic heterocycles. The molecule has 88 valence electrons. The van der Waals surface area contributed by atoms with Gasteiger partial charge >= 0.3 is 0 Å². The highest BCUT2D eigenvalue weighted by atomic mass is 35.5. The molecule has 2 rings (SSSR count). The van der Waals surface area contributed by atoms with Crippen LogP contribution in [0.3, 0.4) is 0 Å². The predicted molar refractivity (Wildman–Crippen MR) is 62.8 cm³/mol. The minimum Gasteiger partial charge on any atom is -0.494 e. The molecule has 1 N–H and O–H groups in total. The van der Waals surface area contributed by atoms with Crippen molar-refractivity contribution in [3.05, 3.63) is 28.5 Å². The average molecular weight is 244 g/mol. The lowest BCUT2D eigenvalue weighted by Crippen LogP contribution is -2.26. The highest BCUT2D eigenvalue weighted by Crippen LogP contribution is 2.33. The highest BCUT2D eigenvalue weighted by Gasteiger charge is 2.18. The van der Waals surface area contributed by atoms with E-state index in [0.29, 0.717) is 5.92 Å². The van der Waals surface area contributed by atoms with Crippen molar-refractivity contribution in [2.75, 3.05) is 20.2 Å². The standard InChI is InChI=1S/C12H15ClFNO/c1-16-11-7-9(6-10(13)12(11)14)8-2-4-15-5-3-8/h6-8,15H,2-5H2,1H3. The third kappa shape index (κ3) is 2.30. The van der Waals surface area contributed by atoms with Crippen molar-refractivity contribution in [3.63, 3.8) is 0 Å². The summed E-state index contributed by atoms with van der Waals surface area (Å²) in [5.41, 5.74) is 1.07. The summed E-state index contributed by atoms with van der Waals surface area (Å²) in [7, 11) is 1.46. The van der Waals surface area contributed by atoms with Crippen molar-refractivity contribution in [1.29, 1.82) is 0 Å². The van der Waals surface area contributed by atoms with Crippen LogP contribution in [-0.4, -0.2) is 20.2 Å². The quantitative estimate of drug-likeness (QED) is 0.862. The molecule has 1 aromatic carbocycles. The molecule has 1 aliphatic heterocycles. The van der Waals surface area contributed by atoms with E-state index in [1.54, 1.807) is 12.1 Å². The van der Waals surface area contributed by atoms with Crippen molar-refractivity contribution >= 4 is 11.6 Å². The molecule has 0 amide bonds. The molecule has 0 bridgehead atoms. The Kier molecular flexibility index (Phi) is 3.66. The number of ether oxygens (including phenoxy) is 1. The largest absolute Gasteiger partial charge is 0.494 e. The number of piperidine rings is 1. The minimum atomic E-state index is -0.471. The molecular formula is C12H15ClFNO. The van der Waals surface area contributed by atoms with Gasteiger partial charge in [0.25, 0.3) is 0 Å². The SMILES string of the molecule is COc1cc(C2CCNCC2)cc(Cl)c1F. The maximum atomic E-state index is 13.5. The third-order valence-corrected chi connectivity index (χ3v) is 3.32. The first-order valence-electron chi connectivity index (χ1n) is 5.46. The van der Waals surface area contributed by atoms with Gasteiger partial charge in [0.1, 0.15) is 0 Å². The maximum absolute atomic E-state index is 13.5. The molecule has 0 saturated carbocycles. The molecule has 16 heavy (non-hydrogen) atoms. The van der Waals surface area contributed by atoms with E-state index < -0.39 is 5.82 Å². The fourth-order valence-corrected chi connectivity index (χ4v) is 2.34. The lowest BCUT2D eigenvalue weighted by Gasteiger charge is -2.23. The van der Waals surface area contributed by atoms with Crippen molar-refractivity contribution in [2.45, 2.75) is 18.8 Å². The molecule has 1 heterocycles. The zero-order valence-electron chi connectivity index (χ0n) is 9.22. The summed E-state index contributed by atoms with van der Waals surface area (Å²) in [6.07, 6.45) is 2.12. The van der Waals surface area contributed by atoms with Gasteiger partial charge in [-0.3, -0.25) is 0 Å². The van der Waals surface area contributed by atoms with Crippen LogP contribution in [0.4, 0.5) is 4.39 Å². The van der Waals surface area contributed by atoms with Crippen LogP contribution < -0.4 is 10.1 Å². The number of benzene rings is 1. The van der Waals surface area contributed by atoms with Crippen LogP contribution in [-0.2, 0) is 0 Å². The minimum absolute atomic E-state index is 0.146. The van der Waals surface area contributed by atoms with Gasteiger partial charge in [-0.2, -0.15) is 0 Å². The lowest BCUT2D eigenvalue weighted by molar-refractivity contribution is 0.384. The molecule has 1 aliphatic rings. The van der Waals surface area contributed by atoms with Gasteiger partial charge < -0.3 is 10.1 Å². The number of rotatable bonds is 2. The van der Waals surface area contributed by atoms with E-state index in [1.165, 1.54) is 7.11 Å². The second-order valence-corrected chi connectivity index (χ2v) is 4.45. The first kappa shape index (κ1) is 11.7. The van der Waals surface area contributed by atoms with Gasteiger partial charge in [-0.05, 0) is 49.5 Å². The Morgan fingerprint density at radius 2 is 2.06 bits per heavy atom. The first-order valence-corrected chi connectivity index (χ1v) is 5.84. The molecular weight excluding hydrogens is 229 g/mol. The lowest BCUT2D eigenvalue weighted by atomic mass is 9.90. The van der Waals surface area contributed by atoms with Crippen LogP contribution in [0, 0.1) is 5.82 Å². The fraction of sp³-hybridized carbons (Fsp3) is 0.500. The summed E-state index contributed by atoms with van der Waals surface area (Å²) in [4.78, 5) is 0. The molecule has 0 unspecified atom stereocenters. The summed E-state index contributed by atoms with van der Waals surface area (Å²) < 4.78 is 18.5. The first-order chi connectivity index (χ1) is 7.72. The van der Waals surface area contributed by atoms with Crippen LogP contribution in [0.15, 0.2) is 12.1 Å². The maximum Gasteiger partial charge on any atom is 0.183 e. The van der Waals surface area contributed by atoms with E-state index in [1.807, 2.05) is 0 Å². The Balaban J connectivity index is 2.29. The molecule has 0 radical (unpaired) electrons. The number of methoxy groups -OCH3 is 1. The van der Waals surface area contributed by atoms with Crippen molar-refractivity contribution < 1.29 is 9.13 Å². The van der Waals surface area contributed by atoms with Gasteiger partial charge in [0.2, 0.25) is 0 Å². The van der Waals surface area contributed by atoms with Crippen LogP contribution in [0.5, 0.6) is 5.75 Å². The smallest absolute Gasteiger partial charge is 0.183 e. The Hall–Kier alpha value is -0.800. The molecule has 1 saturated heterocycles. The van der Waals surface area contributed by atoms with E-state index in [0.717, 1.165) is 31.5 Å². The topological polar surface area (TPSA) is 21.3 Å². The zero-order chi connectivity index (χ0) is 11.5. The summed E-state index contributed by atoms with van der Waals surface area (Å²) in [5, 5.41) is 3.45. The van der Waals surface area contributed by atoms with Crippen LogP contribution in [0.25, 0.3) is 0 Å². The molecule has 1 aromatic rings. The van der Waals surface area contributed by atoms with Crippen LogP contribution in [0.1, 0.15) is 24.3 Å². The van der Waals surface area contributed by atoms with E-state index in [2.05, 4.69) is 5.32 Å².